The lowest BCUT2D eigenvalue weighted by Gasteiger charge is -2.10. The topological polar surface area (TPSA) is 24.9 Å². The fourth-order valence-corrected chi connectivity index (χ4v) is 2.72. The monoisotopic (exact) mass is 300 g/mol. The number of nitrogens with zero attached hydrogens (tertiary/aromatic N) is 1. The molecule has 3 aromatic rings. The molecule has 2 nitrogen and oxygen atoms in total. The van der Waals surface area contributed by atoms with Gasteiger partial charge in [-0.2, -0.15) is 0 Å². The molecule has 0 amide bonds. The summed E-state index contributed by atoms with van der Waals surface area (Å²) in [4.78, 5) is 5.58. The highest BCUT2D eigenvalue weighted by Gasteiger charge is 2.03. The smallest absolute Gasteiger partial charge is 0.0723 e. The number of anilines is 2. The zero-order valence-electron chi connectivity index (χ0n) is 10.9. The SMILES string of the molecule is CSc1cccc(Nc2ccnc3ccc(Cl)cc23)c1. The molecule has 3 rings (SSSR count). The van der Waals surface area contributed by atoms with Crippen molar-refractivity contribution in [3.05, 3.63) is 59.8 Å². The van der Waals surface area contributed by atoms with Crippen LogP contribution in [0.25, 0.3) is 10.9 Å². The number of thioether (sulfide) groups is 1. The first kappa shape index (κ1) is 13.3. The van der Waals surface area contributed by atoms with E-state index in [1.54, 1.807) is 18.0 Å². The second kappa shape index (κ2) is 5.73. The van der Waals surface area contributed by atoms with E-state index in [1.165, 1.54) is 4.90 Å². The summed E-state index contributed by atoms with van der Waals surface area (Å²) in [6.45, 7) is 0. The molecule has 1 N–H and O–H groups in total. The van der Waals surface area contributed by atoms with Crippen LogP contribution >= 0.6 is 23.4 Å². The lowest BCUT2D eigenvalue weighted by atomic mass is 10.2. The Morgan fingerprint density at radius 2 is 2.00 bits per heavy atom. The fraction of sp³-hybridized carbons (Fsp3) is 0.0625. The highest BCUT2D eigenvalue weighted by atomic mass is 35.5. The zero-order valence-corrected chi connectivity index (χ0v) is 12.5. The lowest BCUT2D eigenvalue weighted by molar-refractivity contribution is 1.39. The Hall–Kier alpha value is -1.71. The molecule has 4 heteroatoms. The van der Waals surface area contributed by atoms with E-state index >= 15 is 0 Å². The molecule has 0 spiro atoms. The van der Waals surface area contributed by atoms with Crippen LogP contribution in [0.2, 0.25) is 5.02 Å². The second-order valence-electron chi connectivity index (χ2n) is 4.38. The third-order valence-electron chi connectivity index (χ3n) is 3.05. The van der Waals surface area contributed by atoms with Gasteiger partial charge in [0.2, 0.25) is 0 Å². The predicted octanol–water partition coefficient (Wildman–Crippen LogP) is 5.35. The van der Waals surface area contributed by atoms with Gasteiger partial charge in [0.25, 0.3) is 0 Å². The molecular weight excluding hydrogens is 288 g/mol. The summed E-state index contributed by atoms with van der Waals surface area (Å²) in [5.74, 6) is 0. The van der Waals surface area contributed by atoms with Gasteiger partial charge < -0.3 is 5.32 Å². The molecule has 100 valence electrons. The van der Waals surface area contributed by atoms with Gasteiger partial charge in [0, 0.05) is 32.9 Å². The van der Waals surface area contributed by atoms with Crippen molar-refractivity contribution in [2.75, 3.05) is 11.6 Å². The van der Waals surface area contributed by atoms with Crippen LogP contribution in [0.1, 0.15) is 0 Å². The Labute approximate surface area is 127 Å². The van der Waals surface area contributed by atoms with Crippen LogP contribution in [0.3, 0.4) is 0 Å². The molecule has 2 aromatic carbocycles. The quantitative estimate of drug-likeness (QED) is 0.660. The fourth-order valence-electron chi connectivity index (χ4n) is 2.08. The summed E-state index contributed by atoms with van der Waals surface area (Å²) in [5, 5.41) is 5.17. The highest BCUT2D eigenvalue weighted by molar-refractivity contribution is 7.98. The molecule has 0 bridgehead atoms. The Morgan fingerprint density at radius 1 is 1.10 bits per heavy atom. The van der Waals surface area contributed by atoms with Gasteiger partial charge in [-0.3, -0.25) is 4.98 Å². The minimum absolute atomic E-state index is 0.714. The Balaban J connectivity index is 2.03. The van der Waals surface area contributed by atoms with Crippen LogP contribution < -0.4 is 5.32 Å². The van der Waals surface area contributed by atoms with Crippen LogP contribution in [0.5, 0.6) is 0 Å². The molecule has 0 aliphatic rings. The Kier molecular flexibility index (Phi) is 3.81. The molecule has 0 saturated carbocycles. The van der Waals surface area contributed by atoms with Gasteiger partial charge in [-0.1, -0.05) is 17.7 Å². The maximum absolute atomic E-state index is 6.08. The van der Waals surface area contributed by atoms with Crippen molar-refractivity contribution >= 4 is 45.6 Å². The predicted molar refractivity (Wildman–Crippen MR) is 88.3 cm³/mol. The van der Waals surface area contributed by atoms with Crippen molar-refractivity contribution in [2.24, 2.45) is 0 Å². The molecule has 0 aliphatic heterocycles. The maximum Gasteiger partial charge on any atom is 0.0723 e. The van der Waals surface area contributed by atoms with Crippen LogP contribution in [0.4, 0.5) is 11.4 Å². The molecule has 1 heterocycles. The minimum atomic E-state index is 0.714. The number of pyridine rings is 1. The summed E-state index contributed by atoms with van der Waals surface area (Å²) < 4.78 is 0. The van der Waals surface area contributed by atoms with Crippen molar-refractivity contribution in [2.45, 2.75) is 4.90 Å². The third kappa shape index (κ3) is 2.74. The summed E-state index contributed by atoms with van der Waals surface area (Å²) in [7, 11) is 0. The van der Waals surface area contributed by atoms with E-state index in [4.69, 9.17) is 11.6 Å². The lowest BCUT2D eigenvalue weighted by Crippen LogP contribution is -1.92. The van der Waals surface area contributed by atoms with Crippen molar-refractivity contribution in [3.63, 3.8) is 0 Å². The van der Waals surface area contributed by atoms with Crippen molar-refractivity contribution < 1.29 is 0 Å². The van der Waals surface area contributed by atoms with Gasteiger partial charge in [0.1, 0.15) is 0 Å². The Bertz CT molecular complexity index is 758. The first-order valence-corrected chi connectivity index (χ1v) is 7.82. The number of hydrogen-bond acceptors (Lipinski definition) is 3. The van der Waals surface area contributed by atoms with Crippen LogP contribution in [0.15, 0.2) is 59.6 Å². The van der Waals surface area contributed by atoms with Gasteiger partial charge in [-0.05, 0) is 48.7 Å². The average molecular weight is 301 g/mol. The maximum atomic E-state index is 6.08. The van der Waals surface area contributed by atoms with Crippen LogP contribution in [0, 0.1) is 0 Å². The van der Waals surface area contributed by atoms with Gasteiger partial charge >= 0.3 is 0 Å². The summed E-state index contributed by atoms with van der Waals surface area (Å²) >= 11 is 7.81. The van der Waals surface area contributed by atoms with E-state index in [9.17, 15) is 0 Å². The van der Waals surface area contributed by atoms with Gasteiger partial charge in [-0.15, -0.1) is 11.8 Å². The number of halogens is 1. The number of rotatable bonds is 3. The number of nitrogens with one attached hydrogen (secondary N) is 1. The molecular formula is C16H13ClN2S. The van der Waals surface area contributed by atoms with E-state index in [2.05, 4.69) is 34.8 Å². The summed E-state index contributed by atoms with van der Waals surface area (Å²) in [6, 6.07) is 16.0. The molecule has 0 aliphatic carbocycles. The zero-order chi connectivity index (χ0) is 13.9. The molecule has 20 heavy (non-hydrogen) atoms. The molecule has 0 unspecified atom stereocenters. The van der Waals surface area contributed by atoms with Gasteiger partial charge in [-0.25, -0.2) is 0 Å². The summed E-state index contributed by atoms with van der Waals surface area (Å²) in [6.07, 6.45) is 3.87. The van der Waals surface area contributed by atoms with Crippen molar-refractivity contribution in [1.82, 2.24) is 4.98 Å². The van der Waals surface area contributed by atoms with Gasteiger partial charge in [0.05, 0.1) is 5.52 Å². The number of hydrogen-bond donors (Lipinski definition) is 1. The van der Waals surface area contributed by atoms with Crippen LogP contribution in [-0.2, 0) is 0 Å². The first-order valence-electron chi connectivity index (χ1n) is 6.21. The minimum Gasteiger partial charge on any atom is -0.355 e. The van der Waals surface area contributed by atoms with E-state index in [-0.39, 0.29) is 0 Å². The normalized spacial score (nSPS) is 10.7. The molecule has 0 saturated heterocycles. The van der Waals surface area contributed by atoms with Crippen molar-refractivity contribution in [1.29, 1.82) is 0 Å². The Morgan fingerprint density at radius 3 is 2.85 bits per heavy atom. The molecule has 0 radical (unpaired) electrons. The largest absolute Gasteiger partial charge is 0.355 e. The average Bonchev–Trinajstić information content (AvgIpc) is 2.48. The van der Waals surface area contributed by atoms with E-state index in [0.29, 0.717) is 5.02 Å². The highest BCUT2D eigenvalue weighted by Crippen LogP contribution is 2.28. The summed E-state index contributed by atoms with van der Waals surface area (Å²) in [5.41, 5.74) is 3.00. The number of aromatic nitrogens is 1. The number of fused-ring (bicyclic) bond motifs is 1. The van der Waals surface area contributed by atoms with E-state index < -0.39 is 0 Å². The van der Waals surface area contributed by atoms with E-state index in [0.717, 1.165) is 22.3 Å². The molecule has 0 atom stereocenters. The van der Waals surface area contributed by atoms with Crippen molar-refractivity contribution in [3.8, 4) is 0 Å². The van der Waals surface area contributed by atoms with Crippen LogP contribution in [-0.4, -0.2) is 11.2 Å². The molecule has 1 aromatic heterocycles. The third-order valence-corrected chi connectivity index (χ3v) is 4.01. The molecule has 0 fully saturated rings. The van der Waals surface area contributed by atoms with Gasteiger partial charge in [0.15, 0.2) is 0 Å². The van der Waals surface area contributed by atoms with E-state index in [1.807, 2.05) is 30.3 Å². The first-order chi connectivity index (χ1) is 9.76. The standard InChI is InChI=1S/C16H13ClN2S/c1-20-13-4-2-3-12(10-13)19-16-7-8-18-15-6-5-11(17)9-14(15)16/h2-10H,1H3,(H,18,19). The number of benzene rings is 2. The second-order valence-corrected chi connectivity index (χ2v) is 5.69.